The molecule has 1 atom stereocenters. The van der Waals surface area contributed by atoms with E-state index in [1.807, 2.05) is 5.32 Å². The molecule has 4 nitrogen and oxygen atoms in total. The Balaban J connectivity index is 2.30. The second kappa shape index (κ2) is 6.78. The number of hydrogen-bond acceptors (Lipinski definition) is 2. The van der Waals surface area contributed by atoms with Gasteiger partial charge in [-0.1, -0.05) is 11.6 Å². The Morgan fingerprint density at radius 3 is 2.32 bits per heavy atom. The van der Waals surface area contributed by atoms with Crippen LogP contribution in [0.1, 0.15) is 30.4 Å². The van der Waals surface area contributed by atoms with Gasteiger partial charge in [0.05, 0.1) is 11.0 Å². The first-order chi connectivity index (χ1) is 11.5. The second-order valence-corrected chi connectivity index (χ2v) is 6.17. The van der Waals surface area contributed by atoms with E-state index in [9.17, 15) is 31.5 Å². The fourth-order valence-electron chi connectivity index (χ4n) is 2.51. The summed E-state index contributed by atoms with van der Waals surface area (Å²) in [5.41, 5.74) is -2.54. The first kappa shape index (κ1) is 19.4. The molecule has 1 saturated carbocycles. The molecule has 0 saturated heterocycles. The average Bonchev–Trinajstić information content (AvgIpc) is 3.26. The first-order valence-corrected chi connectivity index (χ1v) is 7.54. The van der Waals surface area contributed by atoms with Crippen molar-refractivity contribution >= 4 is 23.5 Å². The predicted octanol–water partition coefficient (Wildman–Crippen LogP) is 3.62. The van der Waals surface area contributed by atoms with Crippen molar-refractivity contribution in [2.24, 2.45) is 0 Å². The van der Waals surface area contributed by atoms with Crippen molar-refractivity contribution in [1.29, 1.82) is 0 Å². The lowest BCUT2D eigenvalue weighted by Crippen LogP contribution is -2.46. The van der Waals surface area contributed by atoms with E-state index in [2.05, 4.69) is 0 Å². The van der Waals surface area contributed by atoms with Crippen molar-refractivity contribution in [3.05, 3.63) is 34.3 Å². The number of hydrogen-bond donors (Lipinski definition) is 2. The molecule has 0 aromatic heterocycles. The molecule has 1 amide bonds. The average molecular weight is 386 g/mol. The van der Waals surface area contributed by atoms with Crippen LogP contribution in [0.15, 0.2) is 18.2 Å². The second-order valence-electron chi connectivity index (χ2n) is 5.77. The van der Waals surface area contributed by atoms with Crippen molar-refractivity contribution in [2.45, 2.75) is 43.3 Å². The van der Waals surface area contributed by atoms with Gasteiger partial charge < -0.3 is 10.4 Å². The van der Waals surface area contributed by atoms with E-state index < -0.39 is 47.9 Å². The van der Waals surface area contributed by atoms with Gasteiger partial charge in [-0.3, -0.25) is 4.79 Å². The van der Waals surface area contributed by atoms with E-state index in [1.54, 1.807) is 0 Å². The fraction of sp³-hybridized carbons (Fsp3) is 0.467. The molecule has 0 aliphatic heterocycles. The Hall–Kier alpha value is -1.90. The van der Waals surface area contributed by atoms with E-state index in [1.165, 1.54) is 0 Å². The molecule has 0 bridgehead atoms. The van der Waals surface area contributed by atoms with Crippen LogP contribution in [0.25, 0.3) is 0 Å². The number of alkyl halides is 5. The van der Waals surface area contributed by atoms with Gasteiger partial charge >= 0.3 is 12.1 Å². The van der Waals surface area contributed by atoms with Crippen LogP contribution in [0.5, 0.6) is 0 Å². The summed E-state index contributed by atoms with van der Waals surface area (Å²) in [6.07, 6.45) is -8.44. The van der Waals surface area contributed by atoms with Crippen molar-refractivity contribution in [3.63, 3.8) is 0 Å². The smallest absolute Gasteiger partial charge is 0.416 e. The lowest BCUT2D eigenvalue weighted by Gasteiger charge is -2.21. The summed E-state index contributed by atoms with van der Waals surface area (Å²) in [6, 6.07) is 0.657. The van der Waals surface area contributed by atoms with Gasteiger partial charge in [0.1, 0.15) is 6.04 Å². The summed E-state index contributed by atoms with van der Waals surface area (Å²) in [4.78, 5) is 23.4. The third kappa shape index (κ3) is 4.20. The zero-order chi connectivity index (χ0) is 19.0. The Morgan fingerprint density at radius 2 is 1.88 bits per heavy atom. The number of halogens is 6. The number of benzene rings is 1. The van der Waals surface area contributed by atoms with Crippen LogP contribution in [0.3, 0.4) is 0 Å². The normalized spacial score (nSPS) is 17.2. The zero-order valence-corrected chi connectivity index (χ0v) is 13.3. The summed E-state index contributed by atoms with van der Waals surface area (Å²) in [5.74, 6) is -2.58. The Bertz CT molecular complexity index is 688. The van der Waals surface area contributed by atoms with E-state index >= 15 is 0 Å². The highest BCUT2D eigenvalue weighted by molar-refractivity contribution is 6.32. The van der Waals surface area contributed by atoms with Crippen LogP contribution in [0.2, 0.25) is 5.02 Å². The molecule has 1 aromatic rings. The molecule has 2 N–H and O–H groups in total. The molecule has 138 valence electrons. The number of nitrogens with one attached hydrogen (secondary N) is 1. The van der Waals surface area contributed by atoms with Crippen molar-refractivity contribution in [3.8, 4) is 0 Å². The molecular formula is C15H13ClF5NO3. The molecule has 2 rings (SSSR count). The van der Waals surface area contributed by atoms with Crippen molar-refractivity contribution in [1.82, 2.24) is 5.32 Å². The Morgan fingerprint density at radius 1 is 1.28 bits per heavy atom. The monoisotopic (exact) mass is 385 g/mol. The molecule has 10 heteroatoms. The molecule has 1 fully saturated rings. The maximum Gasteiger partial charge on any atom is 0.416 e. The van der Waals surface area contributed by atoms with Crippen LogP contribution in [0.4, 0.5) is 22.0 Å². The molecule has 0 heterocycles. The van der Waals surface area contributed by atoms with Gasteiger partial charge in [-0.2, -0.15) is 13.2 Å². The molecule has 25 heavy (non-hydrogen) atoms. The van der Waals surface area contributed by atoms with E-state index in [0.717, 1.165) is 18.2 Å². The third-order valence-electron chi connectivity index (χ3n) is 4.01. The summed E-state index contributed by atoms with van der Waals surface area (Å²) < 4.78 is 63.4. The van der Waals surface area contributed by atoms with E-state index in [-0.39, 0.29) is 23.4 Å². The number of carboxylic acid groups (broad SMARTS) is 1. The van der Waals surface area contributed by atoms with Gasteiger partial charge in [0.25, 0.3) is 0 Å². The molecule has 0 radical (unpaired) electrons. The zero-order valence-electron chi connectivity index (χ0n) is 12.5. The quantitative estimate of drug-likeness (QED) is 0.735. The van der Waals surface area contributed by atoms with Gasteiger partial charge in [-0.25, -0.2) is 13.6 Å². The van der Waals surface area contributed by atoms with Gasteiger partial charge in [-0.15, -0.1) is 0 Å². The maximum absolute atomic E-state index is 12.9. The molecule has 0 spiro atoms. The lowest BCUT2D eigenvalue weighted by molar-refractivity contribution is -0.143. The highest BCUT2D eigenvalue weighted by Gasteiger charge is 2.53. The number of carbonyl (C=O) groups is 2. The van der Waals surface area contributed by atoms with E-state index in [4.69, 9.17) is 16.7 Å². The number of amides is 1. The summed E-state index contributed by atoms with van der Waals surface area (Å²) in [6.45, 7) is 0. The molecule has 1 unspecified atom stereocenters. The van der Waals surface area contributed by atoms with Gasteiger partial charge in [-0.05, 0) is 36.6 Å². The van der Waals surface area contributed by atoms with Crippen LogP contribution >= 0.6 is 11.6 Å². The van der Waals surface area contributed by atoms with Crippen molar-refractivity contribution < 1.29 is 36.6 Å². The number of carboxylic acids is 1. The molecule has 1 aromatic carbocycles. The standard InChI is InChI=1S/C15H13ClF5NO3/c16-9-2-1-7(15(19,20)21)5-8(9)14(3-4-14)13(25)22-10(12(23)24)6-11(17)18/h1-2,5,10-11H,3-4,6H2,(H,22,25)(H,23,24). The SMILES string of the molecule is O=C(O)C(CC(F)F)NC(=O)C1(c2cc(C(F)(F)F)ccc2Cl)CC1. The minimum absolute atomic E-state index is 0.0821. The largest absolute Gasteiger partial charge is 0.480 e. The van der Waals surface area contributed by atoms with Crippen LogP contribution in [-0.4, -0.2) is 29.5 Å². The highest BCUT2D eigenvalue weighted by Crippen LogP contribution is 2.51. The lowest BCUT2D eigenvalue weighted by atomic mass is 9.92. The van der Waals surface area contributed by atoms with Crippen LogP contribution in [-0.2, 0) is 21.2 Å². The third-order valence-corrected chi connectivity index (χ3v) is 4.34. The Labute approximate surface area is 144 Å². The molecular weight excluding hydrogens is 373 g/mol. The summed E-state index contributed by atoms with van der Waals surface area (Å²) in [5, 5.41) is 10.8. The molecule has 1 aliphatic rings. The summed E-state index contributed by atoms with van der Waals surface area (Å²) in [7, 11) is 0. The maximum atomic E-state index is 12.9. The minimum Gasteiger partial charge on any atom is -0.480 e. The van der Waals surface area contributed by atoms with Gasteiger partial charge in [0.2, 0.25) is 12.3 Å². The van der Waals surface area contributed by atoms with Gasteiger partial charge in [0.15, 0.2) is 0 Å². The Kier molecular flexibility index (Phi) is 5.27. The highest BCUT2D eigenvalue weighted by atomic mass is 35.5. The topological polar surface area (TPSA) is 66.4 Å². The summed E-state index contributed by atoms with van der Waals surface area (Å²) >= 11 is 5.91. The minimum atomic E-state index is -4.65. The number of carbonyl (C=O) groups excluding carboxylic acids is 1. The first-order valence-electron chi connectivity index (χ1n) is 7.16. The van der Waals surface area contributed by atoms with E-state index in [0.29, 0.717) is 0 Å². The number of aliphatic carboxylic acids is 1. The fourth-order valence-corrected chi connectivity index (χ4v) is 2.81. The van der Waals surface area contributed by atoms with Crippen LogP contribution < -0.4 is 5.32 Å². The molecule has 1 aliphatic carbocycles. The predicted molar refractivity (Wildman–Crippen MR) is 77.6 cm³/mol. The van der Waals surface area contributed by atoms with Crippen molar-refractivity contribution in [2.75, 3.05) is 0 Å². The number of rotatable bonds is 6. The van der Waals surface area contributed by atoms with Crippen LogP contribution in [0, 0.1) is 0 Å². The van der Waals surface area contributed by atoms with Gasteiger partial charge in [0, 0.05) is 11.4 Å².